The lowest BCUT2D eigenvalue weighted by Crippen LogP contribution is -2.12. The van der Waals surface area contributed by atoms with E-state index in [-0.39, 0.29) is 5.41 Å². The summed E-state index contributed by atoms with van der Waals surface area (Å²) in [6.45, 7) is 4.21. The van der Waals surface area contributed by atoms with Gasteiger partial charge in [0.2, 0.25) is 0 Å². The summed E-state index contributed by atoms with van der Waals surface area (Å²) in [6, 6.07) is 0. The van der Waals surface area contributed by atoms with Crippen molar-refractivity contribution in [3.63, 3.8) is 0 Å². The van der Waals surface area contributed by atoms with Crippen LogP contribution in [-0.2, 0) is 4.79 Å². The van der Waals surface area contributed by atoms with Crippen molar-refractivity contribution in [3.05, 3.63) is 21.4 Å². The zero-order valence-electron chi connectivity index (χ0n) is 7.75. The molecule has 0 aromatic rings. The molecule has 0 spiro atoms. The SMILES string of the molecule is CCC1(C)C=CC(I)=C(C=O)N=C1. The standard InChI is InChI=1S/C10H12INO/c1-3-10(2)5-4-8(11)9(6-13)12-7-10/h4-7H,3H2,1-2H3. The van der Waals surface area contributed by atoms with Crippen LogP contribution >= 0.6 is 22.6 Å². The van der Waals surface area contributed by atoms with Crippen molar-refractivity contribution >= 4 is 35.1 Å². The van der Waals surface area contributed by atoms with Gasteiger partial charge >= 0.3 is 0 Å². The van der Waals surface area contributed by atoms with Gasteiger partial charge in [0.1, 0.15) is 5.70 Å². The molecule has 13 heavy (non-hydrogen) atoms. The van der Waals surface area contributed by atoms with Gasteiger partial charge in [0.15, 0.2) is 6.29 Å². The molecule has 70 valence electrons. The molecule has 0 bridgehead atoms. The second kappa shape index (κ2) is 4.17. The first-order valence-electron chi connectivity index (χ1n) is 4.21. The van der Waals surface area contributed by atoms with E-state index in [1.54, 1.807) is 0 Å². The molecule has 2 nitrogen and oxygen atoms in total. The van der Waals surface area contributed by atoms with E-state index in [0.717, 1.165) is 16.3 Å². The maximum Gasteiger partial charge on any atom is 0.169 e. The van der Waals surface area contributed by atoms with E-state index in [0.29, 0.717) is 5.70 Å². The molecule has 0 amide bonds. The first-order chi connectivity index (χ1) is 6.11. The molecule has 0 saturated heterocycles. The van der Waals surface area contributed by atoms with Gasteiger partial charge in [-0.2, -0.15) is 0 Å². The van der Waals surface area contributed by atoms with Crippen LogP contribution in [0.4, 0.5) is 0 Å². The topological polar surface area (TPSA) is 29.4 Å². The van der Waals surface area contributed by atoms with Gasteiger partial charge < -0.3 is 0 Å². The van der Waals surface area contributed by atoms with Crippen LogP contribution in [0.2, 0.25) is 0 Å². The number of hydrogen-bond acceptors (Lipinski definition) is 2. The molecule has 3 heteroatoms. The maximum absolute atomic E-state index is 10.6. The van der Waals surface area contributed by atoms with Crippen molar-refractivity contribution in [1.82, 2.24) is 0 Å². The Morgan fingerprint density at radius 1 is 1.69 bits per heavy atom. The number of allylic oxidation sites excluding steroid dienone is 4. The van der Waals surface area contributed by atoms with Crippen LogP contribution in [0.15, 0.2) is 26.4 Å². The fourth-order valence-corrected chi connectivity index (χ4v) is 1.41. The molecule has 1 unspecified atom stereocenters. The van der Waals surface area contributed by atoms with E-state index >= 15 is 0 Å². The molecule has 0 aliphatic carbocycles. The van der Waals surface area contributed by atoms with Gasteiger partial charge in [0.05, 0.1) is 0 Å². The lowest BCUT2D eigenvalue weighted by atomic mass is 9.89. The van der Waals surface area contributed by atoms with Crippen molar-refractivity contribution in [1.29, 1.82) is 0 Å². The Hall–Kier alpha value is -0.450. The minimum Gasteiger partial charge on any atom is -0.296 e. The second-order valence-electron chi connectivity index (χ2n) is 3.30. The zero-order chi connectivity index (χ0) is 9.90. The van der Waals surface area contributed by atoms with Crippen LogP contribution < -0.4 is 0 Å². The van der Waals surface area contributed by atoms with E-state index < -0.39 is 0 Å². The summed E-state index contributed by atoms with van der Waals surface area (Å²) in [5, 5.41) is 0. The Kier molecular flexibility index (Phi) is 3.41. The van der Waals surface area contributed by atoms with Crippen LogP contribution in [-0.4, -0.2) is 12.5 Å². The summed E-state index contributed by atoms with van der Waals surface area (Å²) in [6.07, 6.45) is 7.68. The van der Waals surface area contributed by atoms with E-state index in [1.807, 2.05) is 12.3 Å². The molecule has 0 N–H and O–H groups in total. The second-order valence-corrected chi connectivity index (χ2v) is 4.46. The van der Waals surface area contributed by atoms with Crippen LogP contribution in [0.3, 0.4) is 0 Å². The number of carbonyl (C=O) groups is 1. The summed E-state index contributed by atoms with van der Waals surface area (Å²) in [4.78, 5) is 14.8. The number of nitrogens with zero attached hydrogens (tertiary/aromatic N) is 1. The Bertz CT molecular complexity index is 304. The Balaban J connectivity index is 3.04. The highest BCUT2D eigenvalue weighted by Crippen LogP contribution is 2.27. The molecule has 1 heterocycles. The molecule has 1 aliphatic heterocycles. The Morgan fingerprint density at radius 3 is 2.92 bits per heavy atom. The van der Waals surface area contributed by atoms with Crippen LogP contribution in [0.5, 0.6) is 0 Å². The largest absolute Gasteiger partial charge is 0.296 e. The van der Waals surface area contributed by atoms with Gasteiger partial charge in [0.25, 0.3) is 0 Å². The van der Waals surface area contributed by atoms with Gasteiger partial charge in [-0.15, -0.1) is 0 Å². The third-order valence-electron chi connectivity index (χ3n) is 2.23. The fraction of sp³-hybridized carbons (Fsp3) is 0.400. The highest BCUT2D eigenvalue weighted by Gasteiger charge is 2.17. The van der Waals surface area contributed by atoms with Gasteiger partial charge in [0, 0.05) is 15.2 Å². The van der Waals surface area contributed by atoms with E-state index in [1.165, 1.54) is 0 Å². The van der Waals surface area contributed by atoms with Crippen molar-refractivity contribution in [3.8, 4) is 0 Å². The normalized spacial score (nSPS) is 27.6. The third-order valence-corrected chi connectivity index (χ3v) is 3.14. The summed E-state index contributed by atoms with van der Waals surface area (Å²) in [5.74, 6) is 0. The number of aldehydes is 1. The fourth-order valence-electron chi connectivity index (χ4n) is 0.966. The lowest BCUT2D eigenvalue weighted by Gasteiger charge is -2.16. The molecule has 1 atom stereocenters. The maximum atomic E-state index is 10.6. The number of carbonyl (C=O) groups excluding carboxylic acids is 1. The van der Waals surface area contributed by atoms with Crippen molar-refractivity contribution < 1.29 is 4.79 Å². The smallest absolute Gasteiger partial charge is 0.169 e. The molecular weight excluding hydrogens is 277 g/mol. The van der Waals surface area contributed by atoms with Gasteiger partial charge in [-0.05, 0) is 35.1 Å². The quantitative estimate of drug-likeness (QED) is 0.567. The van der Waals surface area contributed by atoms with Gasteiger partial charge in [-0.25, -0.2) is 0 Å². The first kappa shape index (κ1) is 10.6. The van der Waals surface area contributed by atoms with Crippen LogP contribution in [0.1, 0.15) is 20.3 Å². The van der Waals surface area contributed by atoms with E-state index in [9.17, 15) is 4.79 Å². The minimum absolute atomic E-state index is 0.0127. The molecule has 0 radical (unpaired) electrons. The average Bonchev–Trinajstić information content (AvgIpc) is 2.28. The number of rotatable bonds is 2. The van der Waals surface area contributed by atoms with E-state index in [4.69, 9.17) is 0 Å². The number of halogens is 1. The monoisotopic (exact) mass is 289 g/mol. The van der Waals surface area contributed by atoms with Gasteiger partial charge in [-0.3, -0.25) is 9.79 Å². The number of aliphatic imine (C=N–C) groups is 1. The average molecular weight is 289 g/mol. The zero-order valence-corrected chi connectivity index (χ0v) is 9.91. The van der Waals surface area contributed by atoms with Crippen molar-refractivity contribution in [2.24, 2.45) is 10.4 Å². The molecule has 0 fully saturated rings. The lowest BCUT2D eigenvalue weighted by molar-refractivity contribution is -0.104. The molecule has 0 saturated carbocycles. The first-order valence-corrected chi connectivity index (χ1v) is 5.28. The molecular formula is C10H12INO. The molecule has 0 aromatic heterocycles. The highest BCUT2D eigenvalue weighted by atomic mass is 127. The number of hydrogen-bond donors (Lipinski definition) is 0. The Morgan fingerprint density at radius 2 is 2.38 bits per heavy atom. The van der Waals surface area contributed by atoms with Crippen molar-refractivity contribution in [2.75, 3.05) is 0 Å². The predicted octanol–water partition coefficient (Wildman–Crippen LogP) is 2.89. The summed E-state index contributed by atoms with van der Waals surface area (Å²) in [5.41, 5.74) is 0.510. The molecule has 1 aliphatic rings. The molecule has 0 aromatic carbocycles. The predicted molar refractivity (Wildman–Crippen MR) is 63.1 cm³/mol. The summed E-state index contributed by atoms with van der Waals surface area (Å²) >= 11 is 2.12. The molecule has 1 rings (SSSR count). The highest BCUT2D eigenvalue weighted by molar-refractivity contribution is 14.1. The third kappa shape index (κ3) is 2.49. The Labute approximate surface area is 92.0 Å². The van der Waals surface area contributed by atoms with Crippen molar-refractivity contribution in [2.45, 2.75) is 20.3 Å². The minimum atomic E-state index is -0.0127. The summed E-state index contributed by atoms with van der Waals surface area (Å²) < 4.78 is 0.904. The van der Waals surface area contributed by atoms with Gasteiger partial charge in [-0.1, -0.05) is 19.9 Å². The van der Waals surface area contributed by atoms with Crippen LogP contribution in [0.25, 0.3) is 0 Å². The van der Waals surface area contributed by atoms with E-state index in [2.05, 4.69) is 47.5 Å². The van der Waals surface area contributed by atoms with Crippen LogP contribution in [0, 0.1) is 5.41 Å². The summed E-state index contributed by atoms with van der Waals surface area (Å²) in [7, 11) is 0.